The van der Waals surface area contributed by atoms with Gasteiger partial charge in [-0.2, -0.15) is 0 Å². The van der Waals surface area contributed by atoms with Gasteiger partial charge < -0.3 is 11.1 Å². The van der Waals surface area contributed by atoms with Crippen LogP contribution in [0, 0.1) is 0 Å². The van der Waals surface area contributed by atoms with E-state index in [4.69, 9.17) is 5.73 Å². The van der Waals surface area contributed by atoms with Crippen LogP contribution in [0.5, 0.6) is 0 Å². The summed E-state index contributed by atoms with van der Waals surface area (Å²) in [6, 6.07) is 0. The topological polar surface area (TPSA) is 38.0 Å². The molecule has 0 bridgehead atoms. The molecule has 0 rings (SSSR count). The summed E-state index contributed by atoms with van der Waals surface area (Å²) >= 11 is 0. The number of nitrogens with two attached hydrogens (primary N) is 1. The third kappa shape index (κ3) is 4.83. The van der Waals surface area contributed by atoms with Crippen LogP contribution in [0.4, 0.5) is 0 Å². The molecule has 3 heteroatoms. The summed E-state index contributed by atoms with van der Waals surface area (Å²) in [5.74, 6) is 0.576. The summed E-state index contributed by atoms with van der Waals surface area (Å²) in [7, 11) is 4.18. The molecule has 0 amide bonds. The molecular weight excluding hydrogens is 123 g/mol. The van der Waals surface area contributed by atoms with E-state index < -0.39 is 0 Å². The van der Waals surface area contributed by atoms with Gasteiger partial charge in [-0.3, -0.25) is 0 Å². The Balaban J connectivity index is 3.09. The monoisotopic (exact) mass is 141 g/mol. The third-order valence-corrected chi connectivity index (χ3v) is 1.74. The molecule has 0 aromatic carbocycles. The van der Waals surface area contributed by atoms with Gasteiger partial charge in [0.25, 0.3) is 0 Å². The highest BCUT2D eigenvalue weighted by molar-refractivity contribution is 6.35. The molecule has 1 atom stereocenters. The van der Waals surface area contributed by atoms with Crippen molar-refractivity contribution in [2.75, 3.05) is 13.6 Å². The Kier molecular flexibility index (Phi) is 7.09. The highest BCUT2D eigenvalue weighted by Crippen LogP contribution is 1.97. The highest BCUT2D eigenvalue weighted by atomic mass is 14.8. The maximum absolute atomic E-state index is 5.37. The van der Waals surface area contributed by atoms with Crippen LogP contribution in [-0.4, -0.2) is 26.8 Å². The molecule has 0 heterocycles. The average molecular weight is 141 g/mol. The van der Waals surface area contributed by atoms with Crippen molar-refractivity contribution in [1.29, 1.82) is 0 Å². The molecule has 0 saturated carbocycles. The normalized spacial score (nSPS) is 13.1. The van der Waals surface area contributed by atoms with Crippen molar-refractivity contribution in [3.63, 3.8) is 0 Å². The largest absolute Gasteiger partial charge is 0.330 e. The van der Waals surface area contributed by atoms with Crippen LogP contribution in [0.1, 0.15) is 19.3 Å². The second-order valence-corrected chi connectivity index (χ2v) is 2.51. The average Bonchev–Trinajstić information content (AvgIpc) is 1.99. The molecule has 0 aliphatic carbocycles. The first kappa shape index (κ1) is 9.98. The van der Waals surface area contributed by atoms with Crippen LogP contribution in [0.15, 0.2) is 0 Å². The molecule has 0 spiro atoms. The van der Waals surface area contributed by atoms with Crippen LogP contribution in [0.3, 0.4) is 0 Å². The van der Waals surface area contributed by atoms with Crippen LogP contribution in [-0.2, 0) is 0 Å². The fraction of sp³-hybridized carbons (Fsp3) is 1.00. The van der Waals surface area contributed by atoms with Crippen molar-refractivity contribution in [3.8, 4) is 0 Å². The van der Waals surface area contributed by atoms with E-state index in [1.165, 1.54) is 12.8 Å². The van der Waals surface area contributed by atoms with Gasteiger partial charge in [-0.25, -0.2) is 0 Å². The van der Waals surface area contributed by atoms with E-state index in [-0.39, 0.29) is 0 Å². The Labute approximate surface area is 64.8 Å². The predicted molar refractivity (Wildman–Crippen MR) is 47.4 cm³/mol. The lowest BCUT2D eigenvalue weighted by molar-refractivity contribution is 0.604. The Morgan fingerprint density at radius 1 is 1.50 bits per heavy atom. The van der Waals surface area contributed by atoms with E-state index in [0.29, 0.717) is 5.94 Å². The highest BCUT2D eigenvalue weighted by Gasteiger charge is 2.01. The first-order valence-corrected chi connectivity index (χ1v) is 4.02. The third-order valence-electron chi connectivity index (χ3n) is 1.74. The van der Waals surface area contributed by atoms with Crippen LogP contribution < -0.4 is 11.1 Å². The molecule has 59 valence electrons. The van der Waals surface area contributed by atoms with Crippen molar-refractivity contribution in [2.24, 2.45) is 5.73 Å². The molecule has 0 aromatic rings. The molecule has 2 nitrogen and oxygen atoms in total. The molecule has 0 saturated heterocycles. The summed E-state index contributed by atoms with van der Waals surface area (Å²) in [5.41, 5.74) is 5.37. The number of hydrogen-bond acceptors (Lipinski definition) is 2. The van der Waals surface area contributed by atoms with Gasteiger partial charge >= 0.3 is 0 Å². The minimum Gasteiger partial charge on any atom is -0.330 e. The molecule has 0 aromatic heterocycles. The minimum absolute atomic E-state index is 0.576. The van der Waals surface area contributed by atoms with E-state index in [9.17, 15) is 0 Å². The van der Waals surface area contributed by atoms with Crippen LogP contribution in [0.2, 0.25) is 6.82 Å². The summed E-state index contributed by atoms with van der Waals surface area (Å²) in [4.78, 5) is 0. The van der Waals surface area contributed by atoms with Gasteiger partial charge in [-0.05, 0) is 32.4 Å². The van der Waals surface area contributed by atoms with Crippen molar-refractivity contribution < 1.29 is 0 Å². The van der Waals surface area contributed by atoms with E-state index in [0.717, 1.165) is 13.0 Å². The smallest absolute Gasteiger partial charge is 0.129 e. The summed E-state index contributed by atoms with van der Waals surface area (Å²) in [5, 5.41) is 3.21. The molecule has 1 radical (unpaired) electrons. The molecule has 0 fully saturated rings. The zero-order chi connectivity index (χ0) is 7.82. The SMILES string of the molecule is C[B]C(CCCCN)NC. The van der Waals surface area contributed by atoms with Crippen molar-refractivity contribution in [1.82, 2.24) is 5.32 Å². The minimum atomic E-state index is 0.576. The zero-order valence-corrected chi connectivity index (χ0v) is 7.06. The van der Waals surface area contributed by atoms with Gasteiger partial charge in [0.1, 0.15) is 7.28 Å². The van der Waals surface area contributed by atoms with Gasteiger partial charge in [0.15, 0.2) is 0 Å². The van der Waals surface area contributed by atoms with Crippen LogP contribution in [0.25, 0.3) is 0 Å². The summed E-state index contributed by atoms with van der Waals surface area (Å²) < 4.78 is 0. The van der Waals surface area contributed by atoms with Crippen molar-refractivity contribution in [3.05, 3.63) is 0 Å². The van der Waals surface area contributed by atoms with Gasteiger partial charge in [-0.1, -0.05) is 13.2 Å². The molecule has 10 heavy (non-hydrogen) atoms. The van der Waals surface area contributed by atoms with E-state index in [1.807, 2.05) is 7.05 Å². The van der Waals surface area contributed by atoms with Gasteiger partial charge in [0.05, 0.1) is 0 Å². The Bertz CT molecular complexity index is 64.6. The van der Waals surface area contributed by atoms with E-state index in [1.54, 1.807) is 0 Å². The van der Waals surface area contributed by atoms with Crippen molar-refractivity contribution in [2.45, 2.75) is 32.0 Å². The van der Waals surface area contributed by atoms with Crippen molar-refractivity contribution >= 4 is 7.28 Å². The van der Waals surface area contributed by atoms with E-state index >= 15 is 0 Å². The fourth-order valence-electron chi connectivity index (χ4n) is 0.986. The first-order chi connectivity index (χ1) is 4.85. The second-order valence-electron chi connectivity index (χ2n) is 2.51. The Morgan fingerprint density at radius 3 is 2.60 bits per heavy atom. The lowest BCUT2D eigenvalue weighted by atomic mass is 9.70. The maximum atomic E-state index is 5.37. The molecular formula is C7H18BN2. The molecule has 3 N–H and O–H groups in total. The summed E-state index contributed by atoms with van der Waals surface area (Å²) in [6.07, 6.45) is 3.59. The molecule has 1 unspecified atom stereocenters. The van der Waals surface area contributed by atoms with Gasteiger partial charge in [0, 0.05) is 0 Å². The van der Waals surface area contributed by atoms with E-state index in [2.05, 4.69) is 19.4 Å². The molecule has 0 aliphatic rings. The number of nitrogens with one attached hydrogen (secondary N) is 1. The second kappa shape index (κ2) is 7.10. The Hall–Kier alpha value is -0.0151. The van der Waals surface area contributed by atoms with Crippen LogP contribution >= 0.6 is 0 Å². The summed E-state index contributed by atoms with van der Waals surface area (Å²) in [6.45, 7) is 2.91. The Morgan fingerprint density at radius 2 is 2.20 bits per heavy atom. The number of unbranched alkanes of at least 4 members (excludes halogenated alkanes) is 1. The quantitative estimate of drug-likeness (QED) is 0.415. The predicted octanol–water partition coefficient (Wildman–Crippen LogP) is 0.413. The number of hydrogen-bond donors (Lipinski definition) is 2. The van der Waals surface area contributed by atoms with Gasteiger partial charge in [0.2, 0.25) is 0 Å². The number of rotatable bonds is 6. The lowest BCUT2D eigenvalue weighted by Crippen LogP contribution is -2.29. The lowest BCUT2D eigenvalue weighted by Gasteiger charge is -2.11. The molecule has 0 aliphatic heterocycles. The maximum Gasteiger partial charge on any atom is 0.129 e. The van der Waals surface area contributed by atoms with Gasteiger partial charge in [-0.15, -0.1) is 0 Å². The standard InChI is InChI=1S/C7H18BN2/c1-8-7(10-2)5-3-4-6-9/h7,10H,3-6,9H2,1-2H3. The zero-order valence-electron chi connectivity index (χ0n) is 7.06. The fourth-order valence-corrected chi connectivity index (χ4v) is 0.986. The first-order valence-electron chi connectivity index (χ1n) is 4.02.